The van der Waals surface area contributed by atoms with E-state index in [4.69, 9.17) is 9.76 Å². The Morgan fingerprint density at radius 1 is 1.59 bits per heavy atom. The van der Waals surface area contributed by atoms with Crippen LogP contribution >= 0.6 is 11.3 Å². The van der Waals surface area contributed by atoms with Gasteiger partial charge in [0.15, 0.2) is 0 Å². The number of carbonyl (C=O) groups excluding carboxylic acids is 1. The third kappa shape index (κ3) is 6.88. The van der Waals surface area contributed by atoms with Crippen LogP contribution in [-0.2, 0) is 20.7 Å². The normalized spacial score (nSPS) is 13.2. The molecule has 1 rings (SSSR count). The summed E-state index contributed by atoms with van der Waals surface area (Å²) < 4.78 is 5.23. The molecule has 0 fully saturated rings. The van der Waals surface area contributed by atoms with E-state index in [0.29, 0.717) is 6.42 Å². The van der Waals surface area contributed by atoms with E-state index < -0.39 is 25.1 Å². The van der Waals surface area contributed by atoms with E-state index in [-0.39, 0.29) is 18.7 Å². The molecule has 0 aliphatic rings. The number of carboxylic acids is 1. The fraction of sp³-hybridized carbons (Fsp3) is 0.429. The molecule has 0 radical (unpaired) electrons. The molecule has 2 atom stereocenters. The van der Waals surface area contributed by atoms with E-state index in [1.54, 1.807) is 13.0 Å². The number of thiophene rings is 1. The van der Waals surface area contributed by atoms with E-state index >= 15 is 0 Å². The number of amides is 1. The average molecular weight is 325 g/mol. The molecule has 0 aromatic carbocycles. The first-order valence-corrected chi connectivity index (χ1v) is 7.78. The number of nitrogens with one attached hydrogen (secondary N) is 1. The topological polar surface area (TPSA) is 95.9 Å². The molecular weight excluding hydrogens is 305 g/mol. The van der Waals surface area contributed by atoms with Gasteiger partial charge < -0.3 is 20.1 Å². The van der Waals surface area contributed by atoms with Crippen molar-refractivity contribution in [1.82, 2.24) is 5.32 Å². The first kappa shape index (κ1) is 18.4. The Bertz CT molecular complexity index is 493. The minimum atomic E-state index is -1.29. The maximum absolute atomic E-state index is 12.0. The number of aliphatic carboxylic acids is 1. The second-order valence-electron chi connectivity index (χ2n) is 4.89. The average Bonchev–Trinajstić information content (AvgIpc) is 2.89. The Labute approximate surface area is 133 Å². The van der Waals surface area contributed by atoms with Gasteiger partial charge in [0.1, 0.15) is 0 Å². The Morgan fingerprint density at radius 2 is 2.32 bits per heavy atom. The summed E-state index contributed by atoms with van der Waals surface area (Å²) in [4.78, 5) is 23.5. The molecule has 0 saturated heterocycles. The predicted octanol–water partition coefficient (Wildman–Crippen LogP) is 1.25. The van der Waals surface area contributed by atoms with Gasteiger partial charge in [-0.25, -0.2) is 0 Å². The van der Waals surface area contributed by atoms with Gasteiger partial charge in [-0.1, -0.05) is 12.1 Å². The number of rotatable bonds is 10. The second-order valence-corrected chi connectivity index (χ2v) is 5.92. The molecule has 6 nitrogen and oxygen atoms in total. The highest BCUT2D eigenvalue weighted by Crippen LogP contribution is 2.10. The van der Waals surface area contributed by atoms with Gasteiger partial charge in [0, 0.05) is 4.88 Å². The van der Waals surface area contributed by atoms with Crippen LogP contribution in [-0.4, -0.2) is 41.2 Å². The van der Waals surface area contributed by atoms with Gasteiger partial charge in [0.2, 0.25) is 5.91 Å². The van der Waals surface area contributed by atoms with Crippen molar-refractivity contribution in [2.45, 2.75) is 38.2 Å². The Balaban J connectivity index is 2.53. The number of carboxylic acid groups (broad SMARTS) is 1. The van der Waals surface area contributed by atoms with E-state index in [1.165, 1.54) is 11.3 Å². The zero-order valence-corrected chi connectivity index (χ0v) is 13.2. The van der Waals surface area contributed by atoms with Gasteiger partial charge in [-0.05, 0) is 24.8 Å². The number of carbonyl (C=O) groups is 2. The number of hydrogen-bond donors (Lipinski definition) is 3. The molecule has 0 saturated carbocycles. The summed E-state index contributed by atoms with van der Waals surface area (Å²) in [7, 11) is -1.29. The van der Waals surface area contributed by atoms with Gasteiger partial charge in [0.05, 0.1) is 24.9 Å². The second kappa shape index (κ2) is 9.40. The summed E-state index contributed by atoms with van der Waals surface area (Å²) >= 11 is 1.48. The number of hydrogen-bond acceptors (Lipinski definition) is 5. The van der Waals surface area contributed by atoms with Gasteiger partial charge >= 0.3 is 13.1 Å². The molecule has 0 spiro atoms. The van der Waals surface area contributed by atoms with Crippen LogP contribution < -0.4 is 5.32 Å². The Morgan fingerprint density at radius 3 is 2.86 bits per heavy atom. The smallest absolute Gasteiger partial charge is 0.478 e. The zero-order chi connectivity index (χ0) is 16.5. The lowest BCUT2D eigenvalue weighted by atomic mass is 9.76. The van der Waals surface area contributed by atoms with Gasteiger partial charge in [-0.2, -0.15) is 0 Å². The van der Waals surface area contributed by atoms with Crippen LogP contribution in [0.4, 0.5) is 0 Å². The van der Waals surface area contributed by atoms with Crippen LogP contribution in [0.15, 0.2) is 30.2 Å². The summed E-state index contributed by atoms with van der Waals surface area (Å²) in [6.07, 6.45) is 1.22. The molecule has 1 aromatic heterocycles. The molecule has 1 heterocycles. The van der Waals surface area contributed by atoms with Crippen molar-refractivity contribution in [3.63, 3.8) is 0 Å². The molecule has 0 aliphatic heterocycles. The third-order valence-electron chi connectivity index (χ3n) is 2.86. The summed E-state index contributed by atoms with van der Waals surface area (Å²) in [5, 5.41) is 23.3. The fourth-order valence-corrected chi connectivity index (χ4v) is 2.59. The Kier molecular flexibility index (Phi) is 7.86. The van der Waals surface area contributed by atoms with Crippen molar-refractivity contribution in [2.24, 2.45) is 0 Å². The van der Waals surface area contributed by atoms with Crippen molar-refractivity contribution >= 4 is 30.3 Å². The standard InChI is InChI=1S/C14H20BNO5S/c1-3-5-12(15(20)21-10(2)8-14(18)19)16-13(17)9-11-6-4-7-22-11/h3-4,6-7,10,12,20H,1,5,8-9H2,2H3,(H,16,17)(H,18,19)/t10-,12+/m1/s1. The molecular formula is C14H20BNO5S. The monoisotopic (exact) mass is 325 g/mol. The van der Waals surface area contributed by atoms with E-state index in [1.807, 2.05) is 17.5 Å². The zero-order valence-electron chi connectivity index (χ0n) is 12.4. The fourth-order valence-electron chi connectivity index (χ4n) is 1.88. The lowest BCUT2D eigenvalue weighted by Gasteiger charge is -2.22. The van der Waals surface area contributed by atoms with Crippen LogP contribution in [0.2, 0.25) is 0 Å². The largest absolute Gasteiger partial charge is 0.481 e. The summed E-state index contributed by atoms with van der Waals surface area (Å²) in [6.45, 7) is 5.13. The molecule has 120 valence electrons. The maximum atomic E-state index is 12.0. The Hall–Kier alpha value is -1.64. The highest BCUT2D eigenvalue weighted by atomic mass is 32.1. The van der Waals surface area contributed by atoms with E-state index in [0.717, 1.165) is 4.88 Å². The molecule has 0 bridgehead atoms. The lowest BCUT2D eigenvalue weighted by Crippen LogP contribution is -2.49. The molecule has 0 unspecified atom stereocenters. The molecule has 3 N–H and O–H groups in total. The van der Waals surface area contributed by atoms with Crippen molar-refractivity contribution < 1.29 is 24.4 Å². The third-order valence-corrected chi connectivity index (χ3v) is 3.74. The van der Waals surface area contributed by atoms with Crippen molar-refractivity contribution in [1.29, 1.82) is 0 Å². The van der Waals surface area contributed by atoms with Gasteiger partial charge in [-0.15, -0.1) is 17.9 Å². The first-order chi connectivity index (χ1) is 10.4. The van der Waals surface area contributed by atoms with Crippen molar-refractivity contribution in [3.05, 3.63) is 35.0 Å². The van der Waals surface area contributed by atoms with Crippen LogP contribution in [0, 0.1) is 0 Å². The van der Waals surface area contributed by atoms with Crippen molar-refractivity contribution in [3.8, 4) is 0 Å². The lowest BCUT2D eigenvalue weighted by molar-refractivity contribution is -0.138. The van der Waals surface area contributed by atoms with Crippen molar-refractivity contribution in [2.75, 3.05) is 0 Å². The molecule has 0 aliphatic carbocycles. The minimum absolute atomic E-state index is 0.221. The summed E-state index contributed by atoms with van der Waals surface area (Å²) in [5.74, 6) is -1.91. The molecule has 22 heavy (non-hydrogen) atoms. The summed E-state index contributed by atoms with van der Waals surface area (Å²) in [6, 6.07) is 3.72. The van der Waals surface area contributed by atoms with Gasteiger partial charge in [0.25, 0.3) is 0 Å². The van der Waals surface area contributed by atoms with Crippen LogP contribution in [0.3, 0.4) is 0 Å². The first-order valence-electron chi connectivity index (χ1n) is 6.90. The quantitative estimate of drug-likeness (QED) is 0.444. The summed E-state index contributed by atoms with van der Waals surface area (Å²) in [5.41, 5.74) is 0. The maximum Gasteiger partial charge on any atom is 0.478 e. The molecule has 1 aromatic rings. The van der Waals surface area contributed by atoms with E-state index in [2.05, 4.69) is 11.9 Å². The van der Waals surface area contributed by atoms with Crippen LogP contribution in [0.5, 0.6) is 0 Å². The van der Waals surface area contributed by atoms with Crippen LogP contribution in [0.25, 0.3) is 0 Å². The van der Waals surface area contributed by atoms with Gasteiger partial charge in [-0.3, -0.25) is 9.59 Å². The highest BCUT2D eigenvalue weighted by molar-refractivity contribution is 7.10. The highest BCUT2D eigenvalue weighted by Gasteiger charge is 2.29. The molecule has 1 amide bonds. The SMILES string of the molecule is C=CC[C@H](NC(=O)Cc1cccs1)B(O)O[C@H](C)CC(=O)O. The predicted molar refractivity (Wildman–Crippen MR) is 85.5 cm³/mol. The van der Waals surface area contributed by atoms with E-state index in [9.17, 15) is 14.6 Å². The van der Waals surface area contributed by atoms with Crippen LogP contribution in [0.1, 0.15) is 24.6 Å². The minimum Gasteiger partial charge on any atom is -0.481 e. The molecule has 8 heteroatoms.